The molecule has 0 saturated heterocycles. The summed E-state index contributed by atoms with van der Waals surface area (Å²) in [5.41, 5.74) is 1.68. The molecule has 0 aromatic heterocycles. The number of rotatable bonds is 5. The number of aryl methyl sites for hydroxylation is 1. The lowest BCUT2D eigenvalue weighted by atomic mass is 10.0. The summed E-state index contributed by atoms with van der Waals surface area (Å²) in [6.45, 7) is 5.67. The summed E-state index contributed by atoms with van der Waals surface area (Å²) in [6, 6.07) is 5.45. The highest BCUT2D eigenvalue weighted by Gasteiger charge is 2.14. The van der Waals surface area contributed by atoms with Crippen molar-refractivity contribution in [2.24, 2.45) is 5.92 Å². The second-order valence-electron chi connectivity index (χ2n) is 4.74. The molecule has 18 heavy (non-hydrogen) atoms. The Morgan fingerprint density at radius 3 is 2.61 bits per heavy atom. The van der Waals surface area contributed by atoms with E-state index in [1.54, 1.807) is 19.2 Å². The summed E-state index contributed by atoms with van der Waals surface area (Å²) in [6.07, 6.45) is -0.494. The summed E-state index contributed by atoms with van der Waals surface area (Å²) < 4.78 is 5.10. The summed E-state index contributed by atoms with van der Waals surface area (Å²) in [4.78, 5) is 11.7. The maximum absolute atomic E-state index is 11.7. The number of aliphatic hydroxyl groups excluding tert-OH is 1. The van der Waals surface area contributed by atoms with E-state index in [4.69, 9.17) is 4.74 Å². The molecule has 0 heterocycles. The molecule has 1 aromatic carbocycles. The normalized spacial score (nSPS) is 12.3. The molecule has 0 bridgehead atoms. The highest BCUT2D eigenvalue weighted by molar-refractivity contribution is 5.91. The maximum Gasteiger partial charge on any atom is 0.226 e. The van der Waals surface area contributed by atoms with Gasteiger partial charge in [-0.1, -0.05) is 13.8 Å². The van der Waals surface area contributed by atoms with Crippen LogP contribution in [0, 0.1) is 12.8 Å². The van der Waals surface area contributed by atoms with Gasteiger partial charge < -0.3 is 15.2 Å². The average Bonchev–Trinajstić information content (AvgIpc) is 2.31. The van der Waals surface area contributed by atoms with Gasteiger partial charge in [0.15, 0.2) is 0 Å². The van der Waals surface area contributed by atoms with Gasteiger partial charge in [-0.05, 0) is 36.6 Å². The van der Waals surface area contributed by atoms with Crippen molar-refractivity contribution in [3.05, 3.63) is 23.8 Å². The molecule has 4 heteroatoms. The van der Waals surface area contributed by atoms with Crippen LogP contribution < -0.4 is 10.1 Å². The fraction of sp³-hybridized carbons (Fsp3) is 0.500. The second kappa shape index (κ2) is 6.40. The van der Waals surface area contributed by atoms with E-state index in [1.165, 1.54) is 0 Å². The van der Waals surface area contributed by atoms with Gasteiger partial charge in [0.1, 0.15) is 5.75 Å². The Kier molecular flexibility index (Phi) is 5.16. The zero-order valence-electron chi connectivity index (χ0n) is 11.4. The fourth-order valence-electron chi connectivity index (χ4n) is 1.53. The van der Waals surface area contributed by atoms with Gasteiger partial charge in [0.05, 0.1) is 19.6 Å². The van der Waals surface area contributed by atoms with Gasteiger partial charge in [-0.2, -0.15) is 0 Å². The van der Waals surface area contributed by atoms with Gasteiger partial charge in [-0.15, -0.1) is 0 Å². The molecule has 1 atom stereocenters. The number of hydrogen-bond donors (Lipinski definition) is 2. The molecular formula is C14H21NO3. The molecule has 1 rings (SSSR count). The monoisotopic (exact) mass is 251 g/mol. The lowest BCUT2D eigenvalue weighted by Crippen LogP contribution is -2.23. The van der Waals surface area contributed by atoms with E-state index < -0.39 is 6.10 Å². The Bertz CT molecular complexity index is 416. The Morgan fingerprint density at radius 2 is 2.11 bits per heavy atom. The number of carbonyl (C=O) groups excluding carboxylic acids is 1. The van der Waals surface area contributed by atoms with E-state index >= 15 is 0 Å². The molecule has 0 fully saturated rings. The molecule has 0 radical (unpaired) electrons. The topological polar surface area (TPSA) is 58.6 Å². The van der Waals surface area contributed by atoms with Crippen molar-refractivity contribution < 1.29 is 14.6 Å². The van der Waals surface area contributed by atoms with Gasteiger partial charge in [-0.25, -0.2) is 0 Å². The first-order chi connectivity index (χ1) is 8.43. The number of amides is 1. The van der Waals surface area contributed by atoms with Crippen LogP contribution in [0.15, 0.2) is 18.2 Å². The van der Waals surface area contributed by atoms with Crippen molar-refractivity contribution in [1.29, 1.82) is 0 Å². The Morgan fingerprint density at radius 1 is 1.44 bits per heavy atom. The predicted molar refractivity (Wildman–Crippen MR) is 71.8 cm³/mol. The summed E-state index contributed by atoms with van der Waals surface area (Å²) >= 11 is 0. The molecule has 4 nitrogen and oxygen atoms in total. The number of aliphatic hydroxyl groups is 1. The summed E-state index contributed by atoms with van der Waals surface area (Å²) in [7, 11) is 1.60. The fourth-order valence-corrected chi connectivity index (χ4v) is 1.53. The zero-order valence-corrected chi connectivity index (χ0v) is 11.4. The van der Waals surface area contributed by atoms with E-state index in [-0.39, 0.29) is 18.2 Å². The Hall–Kier alpha value is -1.55. The van der Waals surface area contributed by atoms with Gasteiger partial charge in [0.25, 0.3) is 0 Å². The molecule has 0 spiro atoms. The zero-order chi connectivity index (χ0) is 13.7. The number of methoxy groups -OCH3 is 1. The van der Waals surface area contributed by atoms with Crippen LogP contribution in [0.25, 0.3) is 0 Å². The molecular weight excluding hydrogens is 230 g/mol. The molecule has 0 aliphatic carbocycles. The van der Waals surface area contributed by atoms with Gasteiger partial charge in [0.2, 0.25) is 5.91 Å². The van der Waals surface area contributed by atoms with Crippen LogP contribution in [0.2, 0.25) is 0 Å². The van der Waals surface area contributed by atoms with Crippen molar-refractivity contribution in [3.8, 4) is 5.75 Å². The standard InChI is InChI=1S/C14H21NO3/c1-9(2)13(16)8-14(17)15-12-6-5-11(18-4)7-10(12)3/h5-7,9,13,16H,8H2,1-4H3,(H,15,17). The molecule has 0 aliphatic heterocycles. The minimum Gasteiger partial charge on any atom is -0.497 e. The van der Waals surface area contributed by atoms with Crippen molar-refractivity contribution in [2.45, 2.75) is 33.3 Å². The largest absolute Gasteiger partial charge is 0.497 e. The van der Waals surface area contributed by atoms with Gasteiger partial charge >= 0.3 is 0 Å². The van der Waals surface area contributed by atoms with E-state index in [2.05, 4.69) is 5.32 Å². The third kappa shape index (κ3) is 4.04. The van der Waals surface area contributed by atoms with Gasteiger partial charge in [-0.3, -0.25) is 4.79 Å². The SMILES string of the molecule is COc1ccc(NC(=O)CC(O)C(C)C)c(C)c1. The van der Waals surface area contributed by atoms with E-state index in [0.29, 0.717) is 0 Å². The summed E-state index contributed by atoms with van der Waals surface area (Å²) in [5.74, 6) is 0.657. The smallest absolute Gasteiger partial charge is 0.226 e. The van der Waals surface area contributed by atoms with Crippen molar-refractivity contribution in [2.75, 3.05) is 12.4 Å². The first kappa shape index (κ1) is 14.5. The predicted octanol–water partition coefficient (Wildman–Crippen LogP) is 2.35. The van der Waals surface area contributed by atoms with Crippen LogP contribution in [0.5, 0.6) is 5.75 Å². The van der Waals surface area contributed by atoms with Crippen LogP contribution in [0.1, 0.15) is 25.8 Å². The first-order valence-electron chi connectivity index (χ1n) is 6.06. The van der Waals surface area contributed by atoms with Crippen molar-refractivity contribution >= 4 is 11.6 Å². The average molecular weight is 251 g/mol. The number of nitrogens with one attached hydrogen (secondary N) is 1. The molecule has 2 N–H and O–H groups in total. The van der Waals surface area contributed by atoms with Crippen LogP contribution in [-0.4, -0.2) is 24.2 Å². The molecule has 0 aliphatic rings. The third-order valence-electron chi connectivity index (χ3n) is 2.87. The minimum absolute atomic E-state index is 0.0766. The molecule has 100 valence electrons. The maximum atomic E-state index is 11.7. The Balaban J connectivity index is 2.65. The highest BCUT2D eigenvalue weighted by atomic mass is 16.5. The Labute approximate surface area is 108 Å². The number of ether oxygens (including phenoxy) is 1. The number of anilines is 1. The minimum atomic E-state index is -0.608. The van der Waals surface area contributed by atoms with E-state index in [9.17, 15) is 9.90 Å². The molecule has 0 saturated carbocycles. The van der Waals surface area contributed by atoms with E-state index in [0.717, 1.165) is 17.0 Å². The highest BCUT2D eigenvalue weighted by Crippen LogP contribution is 2.21. The van der Waals surface area contributed by atoms with Crippen LogP contribution in [0.4, 0.5) is 5.69 Å². The van der Waals surface area contributed by atoms with Crippen molar-refractivity contribution in [1.82, 2.24) is 0 Å². The number of hydrogen-bond acceptors (Lipinski definition) is 3. The van der Waals surface area contributed by atoms with Gasteiger partial charge in [0, 0.05) is 5.69 Å². The molecule has 1 amide bonds. The third-order valence-corrected chi connectivity index (χ3v) is 2.87. The van der Waals surface area contributed by atoms with Crippen molar-refractivity contribution in [3.63, 3.8) is 0 Å². The lowest BCUT2D eigenvalue weighted by molar-refractivity contribution is -0.118. The lowest BCUT2D eigenvalue weighted by Gasteiger charge is -2.15. The van der Waals surface area contributed by atoms with Crippen LogP contribution in [-0.2, 0) is 4.79 Å². The first-order valence-corrected chi connectivity index (χ1v) is 6.06. The van der Waals surface area contributed by atoms with Crippen LogP contribution >= 0.6 is 0 Å². The number of benzene rings is 1. The number of carbonyl (C=O) groups is 1. The summed E-state index contributed by atoms with van der Waals surface area (Å²) in [5, 5.41) is 12.4. The molecule has 1 aromatic rings. The quantitative estimate of drug-likeness (QED) is 0.844. The van der Waals surface area contributed by atoms with Crippen LogP contribution in [0.3, 0.4) is 0 Å². The molecule has 1 unspecified atom stereocenters. The van der Waals surface area contributed by atoms with E-state index in [1.807, 2.05) is 26.8 Å². The second-order valence-corrected chi connectivity index (χ2v) is 4.74.